The fourth-order valence-corrected chi connectivity index (χ4v) is 5.07. The number of carbonyl (C=O) groups is 1. The lowest BCUT2D eigenvalue weighted by molar-refractivity contribution is 0.0829. The molecule has 1 amide bonds. The second-order valence-electron chi connectivity index (χ2n) is 9.39. The molecule has 216 valence electrons. The summed E-state index contributed by atoms with van der Waals surface area (Å²) in [7, 11) is -3.79. The first kappa shape index (κ1) is 31.1. The Hall–Kier alpha value is -3.45. The summed E-state index contributed by atoms with van der Waals surface area (Å²) < 4.78 is 52.9. The molecule has 0 aliphatic heterocycles. The fraction of sp³-hybridized carbons (Fsp3) is 0.357. The second-order valence-corrected chi connectivity index (χ2v) is 11.3. The van der Waals surface area contributed by atoms with E-state index in [2.05, 4.69) is 22.5 Å². The van der Waals surface area contributed by atoms with Crippen LogP contribution < -0.4 is 14.9 Å². The predicted octanol–water partition coefficient (Wildman–Crippen LogP) is 2.17. The Morgan fingerprint density at radius 2 is 1.75 bits per heavy atom. The number of benzene rings is 2. The van der Waals surface area contributed by atoms with E-state index in [0.717, 1.165) is 40.7 Å². The number of amides is 1. The Morgan fingerprint density at radius 1 is 1.05 bits per heavy atom. The van der Waals surface area contributed by atoms with Crippen molar-refractivity contribution in [2.45, 2.75) is 38.5 Å². The number of aromatic nitrogens is 1. The van der Waals surface area contributed by atoms with Crippen LogP contribution in [-0.2, 0) is 29.4 Å². The van der Waals surface area contributed by atoms with Gasteiger partial charge in [0.05, 0.1) is 31.6 Å². The van der Waals surface area contributed by atoms with Gasteiger partial charge in [0, 0.05) is 30.9 Å². The highest BCUT2D eigenvalue weighted by Crippen LogP contribution is 2.17. The summed E-state index contributed by atoms with van der Waals surface area (Å²) >= 11 is 0. The van der Waals surface area contributed by atoms with E-state index in [1.54, 1.807) is 0 Å². The van der Waals surface area contributed by atoms with Gasteiger partial charge >= 0.3 is 0 Å². The standard InChI is InChI=1S/C28H34F2N4O5S/c1-3-19-5-4-6-20(11-19)17-31-18-26(36)25(14-21-12-23(29)16-24(30)13-21)33-28(37)22-7-8-32-27(15-22)34(9-10-35)40(2,38)39/h4-8,11-13,15-16,25-26,31,35-36H,3,9-10,14,17-18H2,1-2H3,(H,33,37)/t25-,26+/m0/s1. The van der Waals surface area contributed by atoms with Gasteiger partial charge < -0.3 is 20.8 Å². The van der Waals surface area contributed by atoms with Gasteiger partial charge in [0.25, 0.3) is 5.91 Å². The zero-order valence-corrected chi connectivity index (χ0v) is 23.2. The van der Waals surface area contributed by atoms with E-state index in [0.29, 0.717) is 6.54 Å². The lowest BCUT2D eigenvalue weighted by atomic mass is 10.00. The molecule has 1 heterocycles. The predicted molar refractivity (Wildman–Crippen MR) is 148 cm³/mol. The summed E-state index contributed by atoms with van der Waals surface area (Å²) in [5, 5.41) is 26.1. The molecule has 2 atom stereocenters. The van der Waals surface area contributed by atoms with Crippen molar-refractivity contribution in [2.75, 3.05) is 30.3 Å². The third kappa shape index (κ3) is 9.05. The molecule has 2 aromatic carbocycles. The molecule has 12 heteroatoms. The first-order valence-electron chi connectivity index (χ1n) is 12.8. The monoisotopic (exact) mass is 576 g/mol. The van der Waals surface area contributed by atoms with Crippen molar-refractivity contribution >= 4 is 21.7 Å². The molecular formula is C28H34F2N4O5S. The normalized spacial score (nSPS) is 13.1. The Labute approximate surface area is 232 Å². The molecule has 0 unspecified atom stereocenters. The number of anilines is 1. The van der Waals surface area contributed by atoms with Gasteiger partial charge in [0.2, 0.25) is 10.0 Å². The number of rotatable bonds is 14. The number of aliphatic hydroxyl groups is 2. The quantitative estimate of drug-likeness (QED) is 0.231. The van der Waals surface area contributed by atoms with Gasteiger partial charge in [-0.25, -0.2) is 22.2 Å². The van der Waals surface area contributed by atoms with E-state index in [4.69, 9.17) is 0 Å². The lowest BCUT2D eigenvalue weighted by Crippen LogP contribution is -2.48. The molecule has 1 aromatic heterocycles. The van der Waals surface area contributed by atoms with Crippen LogP contribution >= 0.6 is 0 Å². The molecule has 0 saturated carbocycles. The van der Waals surface area contributed by atoms with Crippen LogP contribution in [0.5, 0.6) is 0 Å². The number of sulfonamides is 1. The van der Waals surface area contributed by atoms with E-state index in [1.807, 2.05) is 24.3 Å². The molecule has 0 fully saturated rings. The molecular weight excluding hydrogens is 542 g/mol. The molecule has 9 nitrogen and oxygen atoms in total. The molecule has 4 N–H and O–H groups in total. The molecule has 40 heavy (non-hydrogen) atoms. The maximum Gasteiger partial charge on any atom is 0.251 e. The lowest BCUT2D eigenvalue weighted by Gasteiger charge is -2.25. The van der Waals surface area contributed by atoms with Gasteiger partial charge in [-0.15, -0.1) is 0 Å². The molecule has 0 radical (unpaired) electrons. The van der Waals surface area contributed by atoms with Gasteiger partial charge in [0.15, 0.2) is 0 Å². The smallest absolute Gasteiger partial charge is 0.251 e. The van der Waals surface area contributed by atoms with Crippen LogP contribution in [-0.4, -0.2) is 67.6 Å². The van der Waals surface area contributed by atoms with Crippen LogP contribution in [0.3, 0.4) is 0 Å². The maximum atomic E-state index is 13.9. The van der Waals surface area contributed by atoms with Gasteiger partial charge in [-0.1, -0.05) is 31.2 Å². The third-order valence-corrected chi connectivity index (χ3v) is 7.38. The summed E-state index contributed by atoms with van der Waals surface area (Å²) in [6.45, 7) is 1.87. The van der Waals surface area contributed by atoms with Crippen LogP contribution in [0.15, 0.2) is 60.8 Å². The first-order valence-corrected chi connectivity index (χ1v) is 14.6. The molecule has 0 bridgehead atoms. The number of aryl methyl sites for hydroxylation is 1. The van der Waals surface area contributed by atoms with Crippen molar-refractivity contribution in [1.29, 1.82) is 0 Å². The summed E-state index contributed by atoms with van der Waals surface area (Å²) in [6, 6.07) is 12.6. The summed E-state index contributed by atoms with van der Waals surface area (Å²) in [6.07, 6.45) is 1.86. The van der Waals surface area contributed by atoms with Crippen molar-refractivity contribution in [3.05, 3.63) is 94.7 Å². The Morgan fingerprint density at radius 3 is 2.40 bits per heavy atom. The SMILES string of the molecule is CCc1cccc(CNC[C@@H](O)[C@H](Cc2cc(F)cc(F)c2)NC(=O)c2ccnc(N(CCO)S(C)(=O)=O)c2)c1. The van der Waals surface area contributed by atoms with Crippen molar-refractivity contribution < 1.29 is 32.2 Å². The van der Waals surface area contributed by atoms with Crippen LogP contribution in [0, 0.1) is 11.6 Å². The van der Waals surface area contributed by atoms with Crippen molar-refractivity contribution in [3.8, 4) is 0 Å². The van der Waals surface area contributed by atoms with E-state index in [-0.39, 0.29) is 36.5 Å². The first-order chi connectivity index (χ1) is 19.0. The fourth-order valence-electron chi connectivity index (χ4n) is 4.22. The number of nitrogens with one attached hydrogen (secondary N) is 2. The van der Waals surface area contributed by atoms with Gasteiger partial charge in [-0.3, -0.25) is 9.10 Å². The number of nitrogens with zero attached hydrogens (tertiary/aromatic N) is 2. The highest BCUT2D eigenvalue weighted by molar-refractivity contribution is 7.92. The van der Waals surface area contributed by atoms with E-state index >= 15 is 0 Å². The van der Waals surface area contributed by atoms with Crippen molar-refractivity contribution in [1.82, 2.24) is 15.6 Å². The van der Waals surface area contributed by atoms with Crippen molar-refractivity contribution in [2.24, 2.45) is 0 Å². The van der Waals surface area contributed by atoms with Gasteiger partial charge in [-0.05, 0) is 53.8 Å². The van der Waals surface area contributed by atoms with Crippen LogP contribution in [0.25, 0.3) is 0 Å². The van der Waals surface area contributed by atoms with Crippen LogP contribution in [0.1, 0.15) is 34.0 Å². The minimum Gasteiger partial charge on any atom is -0.394 e. The Balaban J connectivity index is 1.79. The molecule has 3 rings (SSSR count). The minimum absolute atomic E-state index is 0.0450. The zero-order chi connectivity index (χ0) is 29.3. The van der Waals surface area contributed by atoms with Crippen LogP contribution in [0.2, 0.25) is 0 Å². The summed E-state index contributed by atoms with van der Waals surface area (Å²) in [5.74, 6) is -2.29. The Bertz CT molecular complexity index is 1390. The summed E-state index contributed by atoms with van der Waals surface area (Å²) in [4.78, 5) is 17.2. The topological polar surface area (TPSA) is 132 Å². The van der Waals surface area contributed by atoms with Crippen LogP contribution in [0.4, 0.5) is 14.6 Å². The van der Waals surface area contributed by atoms with Crippen molar-refractivity contribution in [3.63, 3.8) is 0 Å². The van der Waals surface area contributed by atoms with E-state index in [9.17, 15) is 32.2 Å². The second kappa shape index (κ2) is 14.3. The van der Waals surface area contributed by atoms with E-state index in [1.165, 1.54) is 23.9 Å². The summed E-state index contributed by atoms with van der Waals surface area (Å²) in [5.41, 5.74) is 2.47. The zero-order valence-electron chi connectivity index (χ0n) is 22.3. The third-order valence-electron chi connectivity index (χ3n) is 6.21. The Kier molecular flexibility index (Phi) is 11.1. The maximum absolute atomic E-state index is 13.9. The van der Waals surface area contributed by atoms with E-state index < -0.39 is 46.3 Å². The number of pyridine rings is 1. The highest BCUT2D eigenvalue weighted by Gasteiger charge is 2.24. The minimum atomic E-state index is -3.79. The number of aliphatic hydroxyl groups excluding tert-OH is 2. The molecule has 0 aliphatic rings. The van der Waals surface area contributed by atoms with Gasteiger partial charge in [0.1, 0.15) is 17.5 Å². The highest BCUT2D eigenvalue weighted by atomic mass is 32.2. The number of hydrogen-bond acceptors (Lipinski definition) is 7. The molecule has 0 spiro atoms. The number of hydrogen-bond donors (Lipinski definition) is 4. The molecule has 3 aromatic rings. The number of carbonyl (C=O) groups excluding carboxylic acids is 1. The average Bonchev–Trinajstić information content (AvgIpc) is 2.90. The van der Waals surface area contributed by atoms with Gasteiger partial charge in [-0.2, -0.15) is 0 Å². The number of halogens is 2. The largest absolute Gasteiger partial charge is 0.394 e. The average molecular weight is 577 g/mol. The molecule has 0 saturated heterocycles. The molecule has 0 aliphatic carbocycles.